The van der Waals surface area contributed by atoms with E-state index in [0.717, 1.165) is 35.5 Å². The second-order valence-corrected chi connectivity index (χ2v) is 7.68. The molecule has 0 amide bonds. The second-order valence-electron chi connectivity index (χ2n) is 6.89. The van der Waals surface area contributed by atoms with Crippen LogP contribution in [0.4, 0.5) is 5.82 Å². The molecule has 3 heterocycles. The molecule has 3 rings (SSSR count). The van der Waals surface area contributed by atoms with Gasteiger partial charge in [-0.15, -0.1) is 0 Å². The standard InChI is InChI=1S/C16H21BrN4/c1-16(2,3)8-13-14(17)15-19-9-12(10-21(15)20-13)11-4-6-18-7-5-11/h4-7,12,19H,8-10H2,1-3H3. The third kappa shape index (κ3) is 3.12. The van der Waals surface area contributed by atoms with E-state index in [-0.39, 0.29) is 5.41 Å². The Hall–Kier alpha value is -1.36. The van der Waals surface area contributed by atoms with Crippen LogP contribution in [0.15, 0.2) is 29.0 Å². The van der Waals surface area contributed by atoms with E-state index in [0.29, 0.717) is 5.92 Å². The molecule has 0 saturated carbocycles. The maximum atomic E-state index is 4.80. The average Bonchev–Trinajstić information content (AvgIpc) is 2.74. The fourth-order valence-corrected chi connectivity index (χ4v) is 3.32. The lowest BCUT2D eigenvalue weighted by Crippen LogP contribution is -2.26. The van der Waals surface area contributed by atoms with E-state index in [4.69, 9.17) is 5.10 Å². The summed E-state index contributed by atoms with van der Waals surface area (Å²) in [6.07, 6.45) is 4.68. The topological polar surface area (TPSA) is 42.7 Å². The molecule has 1 N–H and O–H groups in total. The Morgan fingerprint density at radius 3 is 2.71 bits per heavy atom. The maximum Gasteiger partial charge on any atom is 0.139 e. The molecule has 1 atom stereocenters. The molecule has 0 aromatic carbocycles. The van der Waals surface area contributed by atoms with Crippen LogP contribution < -0.4 is 5.32 Å². The Kier molecular flexibility index (Phi) is 3.78. The molecular weight excluding hydrogens is 328 g/mol. The second kappa shape index (κ2) is 5.44. The van der Waals surface area contributed by atoms with Gasteiger partial charge in [-0.2, -0.15) is 5.10 Å². The first-order chi connectivity index (χ1) is 9.94. The van der Waals surface area contributed by atoms with Crippen LogP contribution in [0.3, 0.4) is 0 Å². The van der Waals surface area contributed by atoms with Gasteiger partial charge < -0.3 is 5.32 Å². The zero-order valence-corrected chi connectivity index (χ0v) is 14.3. The fourth-order valence-electron chi connectivity index (χ4n) is 2.76. The molecule has 1 aliphatic heterocycles. The zero-order valence-electron chi connectivity index (χ0n) is 12.7. The summed E-state index contributed by atoms with van der Waals surface area (Å²) >= 11 is 3.71. The Bertz CT molecular complexity index is 628. The summed E-state index contributed by atoms with van der Waals surface area (Å²) < 4.78 is 3.21. The zero-order chi connectivity index (χ0) is 15.0. The summed E-state index contributed by atoms with van der Waals surface area (Å²) in [7, 11) is 0. The molecule has 0 fully saturated rings. The van der Waals surface area contributed by atoms with E-state index in [1.807, 2.05) is 12.4 Å². The maximum absolute atomic E-state index is 4.80. The number of rotatable bonds is 2. The highest BCUT2D eigenvalue weighted by atomic mass is 79.9. The SMILES string of the molecule is CC(C)(C)Cc1nn2c(c1Br)NCC(c1ccncc1)C2. The summed E-state index contributed by atoms with van der Waals surface area (Å²) in [6, 6.07) is 4.18. The van der Waals surface area contributed by atoms with Gasteiger partial charge in [0.2, 0.25) is 0 Å². The molecule has 0 aliphatic carbocycles. The van der Waals surface area contributed by atoms with Crippen molar-refractivity contribution in [3.63, 3.8) is 0 Å². The van der Waals surface area contributed by atoms with E-state index < -0.39 is 0 Å². The first-order valence-electron chi connectivity index (χ1n) is 7.33. The number of aromatic nitrogens is 3. The van der Waals surface area contributed by atoms with Crippen molar-refractivity contribution < 1.29 is 0 Å². The Labute approximate surface area is 134 Å². The summed E-state index contributed by atoms with van der Waals surface area (Å²) in [5, 5.41) is 8.32. The Morgan fingerprint density at radius 2 is 2.05 bits per heavy atom. The number of nitrogens with one attached hydrogen (secondary N) is 1. The number of anilines is 1. The number of hydrogen-bond acceptors (Lipinski definition) is 3. The number of fused-ring (bicyclic) bond motifs is 1. The van der Waals surface area contributed by atoms with Gasteiger partial charge in [0.15, 0.2) is 0 Å². The van der Waals surface area contributed by atoms with Crippen LogP contribution in [0.5, 0.6) is 0 Å². The highest BCUT2D eigenvalue weighted by molar-refractivity contribution is 9.10. The van der Waals surface area contributed by atoms with Crippen LogP contribution in [0, 0.1) is 5.41 Å². The van der Waals surface area contributed by atoms with Gasteiger partial charge in [0.25, 0.3) is 0 Å². The molecule has 0 spiro atoms. The summed E-state index contributed by atoms with van der Waals surface area (Å²) in [4.78, 5) is 4.09. The van der Waals surface area contributed by atoms with Crippen molar-refractivity contribution in [2.45, 2.75) is 39.7 Å². The third-order valence-corrected chi connectivity index (χ3v) is 4.58. The van der Waals surface area contributed by atoms with Gasteiger partial charge in [-0.05, 0) is 45.5 Å². The number of nitrogens with zero attached hydrogens (tertiary/aromatic N) is 3. The van der Waals surface area contributed by atoms with Crippen LogP contribution in [-0.4, -0.2) is 21.3 Å². The van der Waals surface area contributed by atoms with Crippen LogP contribution in [-0.2, 0) is 13.0 Å². The van der Waals surface area contributed by atoms with E-state index in [2.05, 4.69) is 63.8 Å². The third-order valence-electron chi connectivity index (χ3n) is 3.75. The van der Waals surface area contributed by atoms with Crippen molar-refractivity contribution in [1.82, 2.24) is 14.8 Å². The van der Waals surface area contributed by atoms with Gasteiger partial charge in [-0.1, -0.05) is 20.8 Å². The Balaban J connectivity index is 1.85. The predicted molar refractivity (Wildman–Crippen MR) is 88.6 cm³/mol. The van der Waals surface area contributed by atoms with Crippen LogP contribution in [0.1, 0.15) is 37.9 Å². The van der Waals surface area contributed by atoms with E-state index in [1.54, 1.807) is 0 Å². The quantitative estimate of drug-likeness (QED) is 0.896. The highest BCUT2D eigenvalue weighted by Gasteiger charge is 2.26. The largest absolute Gasteiger partial charge is 0.369 e. The molecule has 4 nitrogen and oxygen atoms in total. The van der Waals surface area contributed by atoms with Gasteiger partial charge in [0.1, 0.15) is 5.82 Å². The molecule has 2 aromatic rings. The number of hydrogen-bond donors (Lipinski definition) is 1. The van der Waals surface area contributed by atoms with E-state index in [1.165, 1.54) is 5.56 Å². The van der Waals surface area contributed by atoms with Crippen LogP contribution in [0.2, 0.25) is 0 Å². The van der Waals surface area contributed by atoms with Crippen molar-refractivity contribution in [3.8, 4) is 0 Å². The number of halogens is 1. The minimum Gasteiger partial charge on any atom is -0.369 e. The van der Waals surface area contributed by atoms with Gasteiger partial charge >= 0.3 is 0 Å². The average molecular weight is 349 g/mol. The minimum atomic E-state index is 0.234. The normalized spacial score (nSPS) is 18.2. The van der Waals surface area contributed by atoms with Gasteiger partial charge in [0.05, 0.1) is 16.7 Å². The molecule has 21 heavy (non-hydrogen) atoms. The first-order valence-corrected chi connectivity index (χ1v) is 8.12. The van der Waals surface area contributed by atoms with Crippen LogP contribution in [0.25, 0.3) is 0 Å². The molecule has 0 saturated heterocycles. The molecular formula is C16H21BrN4. The Morgan fingerprint density at radius 1 is 1.33 bits per heavy atom. The van der Waals surface area contributed by atoms with Gasteiger partial charge in [-0.3, -0.25) is 4.98 Å². The highest BCUT2D eigenvalue weighted by Crippen LogP contribution is 2.35. The fraction of sp³-hybridized carbons (Fsp3) is 0.500. The van der Waals surface area contributed by atoms with Crippen molar-refractivity contribution in [2.24, 2.45) is 5.41 Å². The van der Waals surface area contributed by atoms with E-state index in [9.17, 15) is 0 Å². The predicted octanol–water partition coefficient (Wildman–Crippen LogP) is 3.84. The molecule has 1 aliphatic rings. The monoisotopic (exact) mass is 348 g/mol. The van der Waals surface area contributed by atoms with E-state index >= 15 is 0 Å². The van der Waals surface area contributed by atoms with Crippen molar-refractivity contribution >= 4 is 21.7 Å². The lowest BCUT2D eigenvalue weighted by atomic mass is 9.91. The molecule has 1 unspecified atom stereocenters. The van der Waals surface area contributed by atoms with Crippen molar-refractivity contribution in [3.05, 3.63) is 40.3 Å². The molecule has 0 radical (unpaired) electrons. The summed E-state index contributed by atoms with van der Waals surface area (Å²) in [5.41, 5.74) is 2.69. The van der Waals surface area contributed by atoms with Crippen molar-refractivity contribution in [1.29, 1.82) is 0 Å². The summed E-state index contributed by atoms with van der Waals surface area (Å²) in [5.74, 6) is 1.55. The van der Waals surface area contributed by atoms with Crippen LogP contribution >= 0.6 is 15.9 Å². The molecule has 0 bridgehead atoms. The summed E-state index contributed by atoms with van der Waals surface area (Å²) in [6.45, 7) is 8.57. The van der Waals surface area contributed by atoms with Gasteiger partial charge in [0, 0.05) is 24.9 Å². The van der Waals surface area contributed by atoms with Gasteiger partial charge in [-0.25, -0.2) is 4.68 Å². The minimum absolute atomic E-state index is 0.234. The first kappa shape index (κ1) is 14.6. The molecule has 5 heteroatoms. The lowest BCUT2D eigenvalue weighted by molar-refractivity contribution is 0.400. The number of pyridine rings is 1. The molecule has 2 aromatic heterocycles. The smallest absolute Gasteiger partial charge is 0.139 e. The lowest BCUT2D eigenvalue weighted by Gasteiger charge is -2.25. The molecule has 112 valence electrons. The van der Waals surface area contributed by atoms with Crippen molar-refractivity contribution in [2.75, 3.05) is 11.9 Å².